The van der Waals surface area contributed by atoms with E-state index in [9.17, 15) is 19.2 Å². The van der Waals surface area contributed by atoms with Gasteiger partial charge in [0, 0.05) is 19.0 Å². The molecule has 0 radical (unpaired) electrons. The Labute approximate surface area is 209 Å². The van der Waals surface area contributed by atoms with Gasteiger partial charge < -0.3 is 30.1 Å². The van der Waals surface area contributed by atoms with E-state index in [-0.39, 0.29) is 25.6 Å². The molecule has 0 saturated heterocycles. The van der Waals surface area contributed by atoms with Gasteiger partial charge in [-0.05, 0) is 43.0 Å². The maximum Gasteiger partial charge on any atom is 0.408 e. The van der Waals surface area contributed by atoms with E-state index in [0.29, 0.717) is 0 Å². The van der Waals surface area contributed by atoms with Gasteiger partial charge in [-0.15, -0.1) is 0 Å². The summed E-state index contributed by atoms with van der Waals surface area (Å²) in [7, 11) is 0. The van der Waals surface area contributed by atoms with Crippen molar-refractivity contribution in [1.82, 2.24) is 15.5 Å². The molecule has 0 fully saturated rings. The minimum atomic E-state index is -1.22. The summed E-state index contributed by atoms with van der Waals surface area (Å²) >= 11 is 0. The number of nitrogens with one attached hydrogen (secondary N) is 2. The lowest BCUT2D eigenvalue weighted by Gasteiger charge is -2.23. The molecule has 0 aliphatic heterocycles. The number of fused-ring (bicyclic) bond motifs is 3. The minimum absolute atomic E-state index is 0.0257. The van der Waals surface area contributed by atoms with Gasteiger partial charge in [-0.25, -0.2) is 9.59 Å². The van der Waals surface area contributed by atoms with Gasteiger partial charge in [-0.2, -0.15) is 0 Å². The van der Waals surface area contributed by atoms with Crippen LogP contribution in [0.4, 0.5) is 9.59 Å². The fraction of sp³-hybridized carbons (Fsp3) is 0.385. The highest BCUT2D eigenvalue weighted by atomic mass is 16.6. The third kappa shape index (κ3) is 7.21. The number of hydrogen-bond acceptors (Lipinski definition) is 6. The van der Waals surface area contributed by atoms with Crippen LogP contribution in [0.15, 0.2) is 48.5 Å². The van der Waals surface area contributed by atoms with E-state index in [0.717, 1.165) is 27.2 Å². The number of benzene rings is 2. The number of carboxylic acids is 1. The average molecular weight is 498 g/mol. The lowest BCUT2D eigenvalue weighted by Crippen LogP contribution is -2.46. The summed E-state index contributed by atoms with van der Waals surface area (Å²) in [5, 5.41) is 14.0. The number of rotatable bonds is 9. The Morgan fingerprint density at radius 3 is 2.06 bits per heavy atom. The molecule has 0 aromatic heterocycles. The fourth-order valence-corrected chi connectivity index (χ4v) is 3.97. The number of carboxylic acid groups (broad SMARTS) is 1. The maximum atomic E-state index is 12.4. The zero-order valence-corrected chi connectivity index (χ0v) is 20.6. The van der Waals surface area contributed by atoms with Gasteiger partial charge in [-0.1, -0.05) is 48.5 Å². The van der Waals surface area contributed by atoms with Gasteiger partial charge in [0.15, 0.2) is 0 Å². The molecule has 10 heteroatoms. The zero-order valence-electron chi connectivity index (χ0n) is 20.6. The summed E-state index contributed by atoms with van der Waals surface area (Å²) in [5.74, 6) is -1.94. The van der Waals surface area contributed by atoms with Crippen molar-refractivity contribution in [2.45, 2.75) is 32.3 Å². The van der Waals surface area contributed by atoms with Crippen molar-refractivity contribution in [2.24, 2.45) is 0 Å². The topological polar surface area (TPSA) is 134 Å². The van der Waals surface area contributed by atoms with Crippen LogP contribution in [-0.4, -0.2) is 72.5 Å². The molecular weight excluding hydrogens is 466 g/mol. The van der Waals surface area contributed by atoms with E-state index in [4.69, 9.17) is 14.6 Å². The zero-order chi connectivity index (χ0) is 26.3. The number of carbonyl (C=O) groups is 4. The van der Waals surface area contributed by atoms with Crippen molar-refractivity contribution in [2.75, 3.05) is 32.8 Å². The van der Waals surface area contributed by atoms with Crippen LogP contribution in [0.25, 0.3) is 11.1 Å². The first kappa shape index (κ1) is 26.5. The van der Waals surface area contributed by atoms with Crippen LogP contribution in [0.1, 0.15) is 37.8 Å². The van der Waals surface area contributed by atoms with Crippen molar-refractivity contribution >= 4 is 24.1 Å². The van der Waals surface area contributed by atoms with Crippen LogP contribution in [-0.2, 0) is 19.1 Å². The van der Waals surface area contributed by atoms with Crippen LogP contribution >= 0.6 is 0 Å². The van der Waals surface area contributed by atoms with E-state index in [1.807, 2.05) is 48.5 Å². The Balaban J connectivity index is 1.49. The summed E-state index contributed by atoms with van der Waals surface area (Å²) in [6.07, 6.45) is -1.46. The normalized spacial score (nSPS) is 12.2. The highest BCUT2D eigenvalue weighted by molar-refractivity contribution is 5.85. The van der Waals surface area contributed by atoms with Gasteiger partial charge in [-0.3, -0.25) is 9.59 Å². The first-order chi connectivity index (χ1) is 17.0. The Morgan fingerprint density at radius 2 is 1.50 bits per heavy atom. The summed E-state index contributed by atoms with van der Waals surface area (Å²) < 4.78 is 10.5. The Kier molecular flexibility index (Phi) is 8.52. The first-order valence-electron chi connectivity index (χ1n) is 11.6. The van der Waals surface area contributed by atoms with Crippen molar-refractivity contribution in [3.8, 4) is 11.1 Å². The van der Waals surface area contributed by atoms with E-state index in [1.165, 1.54) is 0 Å². The summed E-state index contributed by atoms with van der Waals surface area (Å²) in [5.41, 5.74) is 3.67. The van der Waals surface area contributed by atoms with Gasteiger partial charge in [0.25, 0.3) is 0 Å². The Bertz CT molecular complexity index is 1080. The van der Waals surface area contributed by atoms with Crippen LogP contribution < -0.4 is 10.6 Å². The van der Waals surface area contributed by atoms with Gasteiger partial charge in [0.05, 0.1) is 0 Å². The van der Waals surface area contributed by atoms with Crippen molar-refractivity contribution in [3.63, 3.8) is 0 Å². The second-order valence-corrected chi connectivity index (χ2v) is 9.32. The number of ether oxygens (including phenoxy) is 2. The predicted molar refractivity (Wildman–Crippen MR) is 132 cm³/mol. The maximum absolute atomic E-state index is 12.4. The highest BCUT2D eigenvalue weighted by Gasteiger charge is 2.29. The molecule has 0 atom stereocenters. The van der Waals surface area contributed by atoms with E-state index < -0.39 is 42.8 Å². The predicted octanol–water partition coefficient (Wildman–Crippen LogP) is 2.96. The van der Waals surface area contributed by atoms with Crippen LogP contribution in [0.5, 0.6) is 0 Å². The molecule has 10 nitrogen and oxygen atoms in total. The second kappa shape index (κ2) is 11.6. The third-order valence-electron chi connectivity index (χ3n) is 5.46. The van der Waals surface area contributed by atoms with Gasteiger partial charge in [0.1, 0.15) is 25.3 Å². The smallest absolute Gasteiger partial charge is 0.408 e. The van der Waals surface area contributed by atoms with Crippen LogP contribution in [0.3, 0.4) is 0 Å². The monoisotopic (exact) mass is 497 g/mol. The van der Waals surface area contributed by atoms with Crippen LogP contribution in [0, 0.1) is 0 Å². The van der Waals surface area contributed by atoms with Crippen molar-refractivity contribution in [3.05, 3.63) is 59.7 Å². The summed E-state index contributed by atoms with van der Waals surface area (Å²) in [6.45, 7) is 4.06. The number of nitrogens with zero attached hydrogens (tertiary/aromatic N) is 1. The standard InChI is InChI=1S/C26H31N3O7/c1-26(2,3)36-25(34)28-14-22(30)29(15-23(31)32)13-12-27-24(33)35-16-21-19-10-6-4-8-17(19)18-9-5-7-11-20(18)21/h4-11,21H,12-16H2,1-3H3,(H,27,33)(H,28,34)(H,31,32). The second-order valence-electron chi connectivity index (χ2n) is 9.32. The lowest BCUT2D eigenvalue weighted by molar-refractivity contribution is -0.144. The molecule has 1 aliphatic carbocycles. The van der Waals surface area contributed by atoms with Crippen molar-refractivity contribution < 1.29 is 33.8 Å². The largest absolute Gasteiger partial charge is 0.480 e. The van der Waals surface area contributed by atoms with E-state index in [1.54, 1.807) is 20.8 Å². The Morgan fingerprint density at radius 1 is 0.917 bits per heavy atom. The van der Waals surface area contributed by atoms with Crippen LogP contribution in [0.2, 0.25) is 0 Å². The van der Waals surface area contributed by atoms with Gasteiger partial charge >= 0.3 is 18.2 Å². The number of alkyl carbamates (subject to hydrolysis) is 2. The van der Waals surface area contributed by atoms with Crippen molar-refractivity contribution in [1.29, 1.82) is 0 Å². The molecule has 0 saturated carbocycles. The highest BCUT2D eigenvalue weighted by Crippen LogP contribution is 2.44. The molecule has 2 aromatic carbocycles. The minimum Gasteiger partial charge on any atom is -0.480 e. The molecule has 3 N–H and O–H groups in total. The first-order valence-corrected chi connectivity index (χ1v) is 11.6. The molecule has 0 heterocycles. The molecule has 3 amide bonds. The Hall–Kier alpha value is -4.08. The molecule has 36 heavy (non-hydrogen) atoms. The average Bonchev–Trinajstić information content (AvgIpc) is 3.13. The molecular formula is C26H31N3O7. The quantitative estimate of drug-likeness (QED) is 0.485. The number of aliphatic carboxylic acids is 1. The fourth-order valence-electron chi connectivity index (χ4n) is 3.97. The summed E-state index contributed by atoms with van der Waals surface area (Å²) in [6, 6.07) is 16.0. The van der Waals surface area contributed by atoms with E-state index >= 15 is 0 Å². The molecule has 0 bridgehead atoms. The molecule has 0 spiro atoms. The molecule has 3 rings (SSSR count). The summed E-state index contributed by atoms with van der Waals surface area (Å²) in [4.78, 5) is 48.7. The lowest BCUT2D eigenvalue weighted by atomic mass is 9.98. The number of hydrogen-bond donors (Lipinski definition) is 3. The van der Waals surface area contributed by atoms with Gasteiger partial charge in [0.2, 0.25) is 5.91 Å². The molecule has 192 valence electrons. The number of carbonyl (C=O) groups excluding carboxylic acids is 3. The number of amides is 3. The van der Waals surface area contributed by atoms with E-state index in [2.05, 4.69) is 10.6 Å². The molecule has 1 aliphatic rings. The third-order valence-corrected chi connectivity index (χ3v) is 5.46. The molecule has 2 aromatic rings. The SMILES string of the molecule is CC(C)(C)OC(=O)NCC(=O)N(CCNC(=O)OCC1c2ccccc2-c2ccccc21)CC(=O)O. The molecule has 0 unspecified atom stereocenters.